The summed E-state index contributed by atoms with van der Waals surface area (Å²) in [6.45, 7) is 1.78. The molecule has 0 aliphatic heterocycles. The molecule has 0 aliphatic rings. The molecule has 0 aromatic heterocycles. The van der Waals surface area contributed by atoms with E-state index in [0.717, 1.165) is 6.07 Å². The number of nitro benzene ring substituents is 1. The summed E-state index contributed by atoms with van der Waals surface area (Å²) >= 11 is 11.5. The minimum Gasteiger partial charge on any atom is -0.481 e. The third-order valence-corrected chi connectivity index (χ3v) is 3.23. The van der Waals surface area contributed by atoms with E-state index in [1.807, 2.05) is 0 Å². The van der Waals surface area contributed by atoms with E-state index in [-0.39, 0.29) is 27.8 Å². The fourth-order valence-electron chi connectivity index (χ4n) is 1.53. The largest absolute Gasteiger partial charge is 0.481 e. The zero-order chi connectivity index (χ0) is 14.6. The summed E-state index contributed by atoms with van der Waals surface area (Å²) in [6, 6.07) is 2.04. The number of carbonyl (C=O) groups is 1. The fraction of sp³-hybridized carbons (Fsp3) is 0.364. The Balaban J connectivity index is 3.07. The van der Waals surface area contributed by atoms with Crippen LogP contribution in [0.1, 0.15) is 19.8 Å². The van der Waals surface area contributed by atoms with Crippen LogP contribution in [0.4, 0.5) is 11.4 Å². The summed E-state index contributed by atoms with van der Waals surface area (Å²) in [5.41, 5.74) is -0.0780. The second-order valence-electron chi connectivity index (χ2n) is 3.89. The number of nitrogens with zero attached hydrogens (tertiary/aromatic N) is 1. The molecular formula is C11H12Cl2N2O4. The van der Waals surface area contributed by atoms with Crippen LogP contribution < -0.4 is 5.32 Å². The van der Waals surface area contributed by atoms with Crippen molar-refractivity contribution in [1.29, 1.82) is 0 Å². The van der Waals surface area contributed by atoms with E-state index in [1.54, 1.807) is 6.92 Å². The molecule has 0 spiro atoms. The molecular weight excluding hydrogens is 295 g/mol. The first-order valence-corrected chi connectivity index (χ1v) is 6.22. The zero-order valence-electron chi connectivity index (χ0n) is 10.0. The molecule has 8 heteroatoms. The Labute approximate surface area is 119 Å². The van der Waals surface area contributed by atoms with E-state index in [9.17, 15) is 14.9 Å². The normalized spacial score (nSPS) is 11.9. The van der Waals surface area contributed by atoms with Crippen molar-refractivity contribution in [3.05, 3.63) is 32.3 Å². The molecule has 0 radical (unpaired) electrons. The second kappa shape index (κ2) is 6.58. The Bertz CT molecular complexity index is 508. The van der Waals surface area contributed by atoms with Crippen molar-refractivity contribution in [1.82, 2.24) is 0 Å². The van der Waals surface area contributed by atoms with Gasteiger partial charge in [-0.1, -0.05) is 30.1 Å². The van der Waals surface area contributed by atoms with Crippen LogP contribution in [0.3, 0.4) is 0 Å². The van der Waals surface area contributed by atoms with E-state index in [2.05, 4.69) is 5.32 Å². The predicted molar refractivity (Wildman–Crippen MR) is 73.1 cm³/mol. The van der Waals surface area contributed by atoms with Crippen molar-refractivity contribution >= 4 is 40.5 Å². The standard InChI is InChI=1S/C11H12Cl2N2O4/c1-2-6(3-11(16)17)14-9-4-7(12)8(13)5-10(9)15(18)19/h4-6,14H,2-3H2,1H3,(H,16,17). The van der Waals surface area contributed by atoms with Crippen molar-refractivity contribution in [2.45, 2.75) is 25.8 Å². The van der Waals surface area contributed by atoms with Crippen LogP contribution in [0, 0.1) is 10.1 Å². The van der Waals surface area contributed by atoms with Crippen molar-refractivity contribution < 1.29 is 14.8 Å². The summed E-state index contributed by atoms with van der Waals surface area (Å²) in [7, 11) is 0. The first-order valence-electron chi connectivity index (χ1n) is 5.46. The number of anilines is 1. The number of nitrogens with one attached hydrogen (secondary N) is 1. The Morgan fingerprint density at radius 3 is 2.53 bits per heavy atom. The second-order valence-corrected chi connectivity index (χ2v) is 4.70. The van der Waals surface area contributed by atoms with Crippen LogP contribution in [0.25, 0.3) is 0 Å². The van der Waals surface area contributed by atoms with Crippen molar-refractivity contribution in [3.8, 4) is 0 Å². The first kappa shape index (κ1) is 15.5. The maximum absolute atomic E-state index is 10.9. The third-order valence-electron chi connectivity index (χ3n) is 2.51. The predicted octanol–water partition coefficient (Wildman–Crippen LogP) is 3.57. The molecule has 0 aliphatic carbocycles. The van der Waals surface area contributed by atoms with Crippen LogP contribution in [0.5, 0.6) is 0 Å². The number of carboxylic acids is 1. The molecule has 19 heavy (non-hydrogen) atoms. The molecule has 1 aromatic rings. The lowest BCUT2D eigenvalue weighted by Gasteiger charge is -2.16. The molecule has 1 unspecified atom stereocenters. The molecule has 0 saturated carbocycles. The molecule has 0 bridgehead atoms. The number of nitro groups is 1. The highest BCUT2D eigenvalue weighted by atomic mass is 35.5. The van der Waals surface area contributed by atoms with Gasteiger partial charge in [0.25, 0.3) is 5.69 Å². The van der Waals surface area contributed by atoms with Crippen LogP contribution in [0.15, 0.2) is 12.1 Å². The SMILES string of the molecule is CCC(CC(=O)O)Nc1cc(Cl)c(Cl)cc1[N+](=O)[O-]. The van der Waals surface area contributed by atoms with E-state index in [0.29, 0.717) is 6.42 Å². The Morgan fingerprint density at radius 1 is 1.47 bits per heavy atom. The van der Waals surface area contributed by atoms with Crippen LogP contribution >= 0.6 is 23.2 Å². The fourth-order valence-corrected chi connectivity index (χ4v) is 1.85. The molecule has 0 saturated heterocycles. The van der Waals surface area contributed by atoms with Gasteiger partial charge in [-0.2, -0.15) is 0 Å². The van der Waals surface area contributed by atoms with Gasteiger partial charge in [0.05, 0.1) is 21.4 Å². The van der Waals surface area contributed by atoms with Gasteiger partial charge in [-0.3, -0.25) is 14.9 Å². The lowest BCUT2D eigenvalue weighted by atomic mass is 10.1. The summed E-state index contributed by atoms with van der Waals surface area (Å²) < 4.78 is 0. The first-order chi connectivity index (χ1) is 8.85. The molecule has 1 atom stereocenters. The number of benzene rings is 1. The van der Waals surface area contributed by atoms with Gasteiger partial charge >= 0.3 is 5.97 Å². The lowest BCUT2D eigenvalue weighted by molar-refractivity contribution is -0.384. The average Bonchev–Trinajstić information content (AvgIpc) is 2.31. The van der Waals surface area contributed by atoms with Crippen molar-refractivity contribution in [2.24, 2.45) is 0 Å². The van der Waals surface area contributed by atoms with Crippen LogP contribution in [-0.4, -0.2) is 22.0 Å². The highest BCUT2D eigenvalue weighted by Crippen LogP contribution is 2.34. The highest BCUT2D eigenvalue weighted by molar-refractivity contribution is 6.42. The zero-order valence-corrected chi connectivity index (χ0v) is 11.5. The van der Waals surface area contributed by atoms with Gasteiger partial charge in [-0.05, 0) is 12.5 Å². The van der Waals surface area contributed by atoms with Gasteiger partial charge in [0.2, 0.25) is 0 Å². The number of halogens is 2. The number of hydrogen-bond acceptors (Lipinski definition) is 4. The smallest absolute Gasteiger partial charge is 0.305 e. The summed E-state index contributed by atoms with van der Waals surface area (Å²) in [6.07, 6.45) is 0.359. The number of carboxylic acid groups (broad SMARTS) is 1. The highest BCUT2D eigenvalue weighted by Gasteiger charge is 2.20. The average molecular weight is 307 g/mol. The minimum atomic E-state index is -0.984. The molecule has 104 valence electrons. The Morgan fingerprint density at radius 2 is 2.05 bits per heavy atom. The monoisotopic (exact) mass is 306 g/mol. The van der Waals surface area contributed by atoms with Gasteiger partial charge in [-0.15, -0.1) is 0 Å². The van der Waals surface area contributed by atoms with E-state index >= 15 is 0 Å². The molecule has 2 N–H and O–H groups in total. The van der Waals surface area contributed by atoms with Gasteiger partial charge in [-0.25, -0.2) is 0 Å². The quantitative estimate of drug-likeness (QED) is 0.619. The number of rotatable bonds is 6. The lowest BCUT2D eigenvalue weighted by Crippen LogP contribution is -2.22. The van der Waals surface area contributed by atoms with E-state index in [1.165, 1.54) is 6.07 Å². The molecule has 0 heterocycles. The van der Waals surface area contributed by atoms with Gasteiger partial charge in [0.15, 0.2) is 0 Å². The summed E-state index contributed by atoms with van der Waals surface area (Å²) in [4.78, 5) is 21.0. The van der Waals surface area contributed by atoms with Gasteiger partial charge in [0.1, 0.15) is 5.69 Å². The van der Waals surface area contributed by atoms with E-state index < -0.39 is 16.9 Å². The van der Waals surface area contributed by atoms with Gasteiger partial charge < -0.3 is 10.4 Å². The van der Waals surface area contributed by atoms with Crippen LogP contribution in [-0.2, 0) is 4.79 Å². The Kier molecular flexibility index (Phi) is 5.38. The number of aliphatic carboxylic acids is 1. The summed E-state index contributed by atoms with van der Waals surface area (Å²) in [5, 5.41) is 22.7. The van der Waals surface area contributed by atoms with Gasteiger partial charge in [0, 0.05) is 12.1 Å². The third kappa shape index (κ3) is 4.25. The molecule has 6 nitrogen and oxygen atoms in total. The molecule has 0 fully saturated rings. The summed E-state index contributed by atoms with van der Waals surface area (Å²) in [5.74, 6) is -0.984. The molecule has 1 rings (SSSR count). The van der Waals surface area contributed by atoms with Crippen molar-refractivity contribution in [2.75, 3.05) is 5.32 Å². The maximum atomic E-state index is 10.9. The Hall–Kier alpha value is -1.53. The molecule has 0 amide bonds. The minimum absolute atomic E-state index is 0.0743. The van der Waals surface area contributed by atoms with Crippen LogP contribution in [0.2, 0.25) is 10.0 Å². The number of hydrogen-bond donors (Lipinski definition) is 2. The topological polar surface area (TPSA) is 92.5 Å². The molecule has 1 aromatic carbocycles. The van der Waals surface area contributed by atoms with Crippen molar-refractivity contribution in [3.63, 3.8) is 0 Å². The van der Waals surface area contributed by atoms with E-state index in [4.69, 9.17) is 28.3 Å². The maximum Gasteiger partial charge on any atom is 0.305 e.